The minimum Gasteiger partial charge on any atom is -0.481 e. The van der Waals surface area contributed by atoms with Crippen molar-refractivity contribution < 1.29 is 9.90 Å². The molecule has 27 heavy (non-hydrogen) atoms. The van der Waals surface area contributed by atoms with Gasteiger partial charge in [-0.1, -0.05) is 81.1 Å². The highest BCUT2D eigenvalue weighted by Gasteiger charge is 2.23. The van der Waals surface area contributed by atoms with E-state index in [1.54, 1.807) is 25.6 Å². The molecule has 1 unspecified atom stereocenters. The smallest absolute Gasteiger partial charge is 0.309 e. The van der Waals surface area contributed by atoms with Crippen LogP contribution in [0.3, 0.4) is 0 Å². The fourth-order valence-corrected chi connectivity index (χ4v) is 3.55. The summed E-state index contributed by atoms with van der Waals surface area (Å²) in [6.45, 7) is 11.9. The molecule has 2 N–H and O–H groups in total. The lowest BCUT2D eigenvalue weighted by atomic mass is 9.91. The Morgan fingerprint density at radius 1 is 1.30 bits per heavy atom. The van der Waals surface area contributed by atoms with Gasteiger partial charge in [0, 0.05) is 0 Å². The molecule has 0 bridgehead atoms. The van der Waals surface area contributed by atoms with Crippen LogP contribution in [0.5, 0.6) is 0 Å². The molecule has 0 radical (unpaired) electrons. The molecule has 0 fully saturated rings. The first-order chi connectivity index (χ1) is 12.7. The molecule has 1 atom stereocenters. The van der Waals surface area contributed by atoms with Gasteiger partial charge in [-0.3, -0.25) is 9.89 Å². The normalized spacial score (nSPS) is 11.5. The van der Waals surface area contributed by atoms with E-state index in [1.807, 2.05) is 6.92 Å². The average molecular weight is 429 g/mol. The molecule has 4 nitrogen and oxygen atoms in total. The number of carboxylic acids is 1. The molecule has 0 saturated carbocycles. The molecular formula is C20H32N2O2S3. The number of hydrogen-bond acceptors (Lipinski definition) is 5. The van der Waals surface area contributed by atoms with Crippen molar-refractivity contribution in [3.63, 3.8) is 0 Å². The van der Waals surface area contributed by atoms with Crippen LogP contribution >= 0.6 is 35.3 Å². The van der Waals surface area contributed by atoms with Gasteiger partial charge in [-0.15, -0.1) is 0 Å². The van der Waals surface area contributed by atoms with Crippen molar-refractivity contribution in [2.24, 2.45) is 5.41 Å². The number of H-pyrrole nitrogens is 1. The van der Waals surface area contributed by atoms with Crippen LogP contribution < -0.4 is 0 Å². The second-order valence-electron chi connectivity index (χ2n) is 6.57. The van der Waals surface area contributed by atoms with E-state index in [1.165, 1.54) is 23.3 Å². The Hall–Kier alpha value is -1.18. The third kappa shape index (κ3) is 11.3. The average Bonchev–Trinajstić information content (AvgIpc) is 3.08. The number of rotatable bonds is 6. The summed E-state index contributed by atoms with van der Waals surface area (Å²) in [4.78, 5) is 10.3. The molecule has 0 aliphatic rings. The van der Waals surface area contributed by atoms with Crippen molar-refractivity contribution in [2.75, 3.05) is 5.75 Å². The standard InChI is InChI=1S/C10H14.C6H12O2.C4H6N2S3/c1-3-9(2)10-7-5-4-6-8-10;1-4-6(2,3)5(7)8;1-2-8-4-6-5-3(7)9-4/h4-9H,3H2,1-2H3;4H2,1-3H3,(H,7,8);2H2,1H3,(H,5,7). The van der Waals surface area contributed by atoms with Crippen molar-refractivity contribution in [1.82, 2.24) is 10.2 Å². The summed E-state index contributed by atoms with van der Waals surface area (Å²) in [5, 5.41) is 15.1. The summed E-state index contributed by atoms with van der Waals surface area (Å²) >= 11 is 8.06. The topological polar surface area (TPSA) is 66.0 Å². The Balaban J connectivity index is 0.000000379. The third-order valence-corrected chi connectivity index (χ3v) is 6.24. The largest absolute Gasteiger partial charge is 0.481 e. The molecule has 0 spiro atoms. The predicted molar refractivity (Wildman–Crippen MR) is 121 cm³/mol. The fraction of sp³-hybridized carbons (Fsp3) is 0.550. The lowest BCUT2D eigenvalue weighted by Gasteiger charge is -2.14. The molecule has 152 valence electrons. The van der Waals surface area contributed by atoms with Gasteiger partial charge in [0.15, 0.2) is 8.29 Å². The van der Waals surface area contributed by atoms with Gasteiger partial charge in [0.25, 0.3) is 0 Å². The van der Waals surface area contributed by atoms with Gasteiger partial charge in [0.2, 0.25) is 0 Å². The molecule has 7 heteroatoms. The number of aromatic nitrogens is 2. The van der Waals surface area contributed by atoms with Crippen molar-refractivity contribution >= 4 is 41.3 Å². The maximum Gasteiger partial charge on any atom is 0.309 e. The predicted octanol–water partition coefficient (Wildman–Crippen LogP) is 7.02. The summed E-state index contributed by atoms with van der Waals surface area (Å²) in [7, 11) is 0. The number of nitrogens with one attached hydrogen (secondary N) is 1. The van der Waals surface area contributed by atoms with Gasteiger partial charge in [0.05, 0.1) is 5.41 Å². The van der Waals surface area contributed by atoms with Gasteiger partial charge < -0.3 is 5.11 Å². The zero-order valence-corrected chi connectivity index (χ0v) is 19.6. The molecule has 2 aromatic rings. The van der Waals surface area contributed by atoms with E-state index in [9.17, 15) is 4.79 Å². The Labute approximate surface area is 176 Å². The lowest BCUT2D eigenvalue weighted by Crippen LogP contribution is -2.21. The van der Waals surface area contributed by atoms with Gasteiger partial charge in [0.1, 0.15) is 0 Å². The zero-order chi connectivity index (χ0) is 20.9. The van der Waals surface area contributed by atoms with E-state index in [0.717, 1.165) is 14.0 Å². The SMILES string of the molecule is CCC(C)(C)C(=O)O.CCC(C)c1ccccc1.CCSc1n[nH]c(=S)s1. The summed E-state index contributed by atoms with van der Waals surface area (Å²) in [6.07, 6.45) is 1.91. The van der Waals surface area contributed by atoms with Gasteiger partial charge in [-0.25, -0.2) is 0 Å². The first-order valence-electron chi connectivity index (χ1n) is 9.14. The number of hydrogen-bond donors (Lipinski definition) is 2. The highest BCUT2D eigenvalue weighted by atomic mass is 32.2. The molecule has 0 aliphatic carbocycles. The minimum atomic E-state index is -0.722. The van der Waals surface area contributed by atoms with Crippen LogP contribution in [0, 0.1) is 9.37 Å². The molecule has 0 amide bonds. The highest BCUT2D eigenvalue weighted by molar-refractivity contribution is 8.01. The molecule has 0 aliphatic heterocycles. The number of carbonyl (C=O) groups is 1. The number of carboxylic acid groups (broad SMARTS) is 1. The Morgan fingerprint density at radius 3 is 2.22 bits per heavy atom. The molecule has 2 rings (SSSR count). The third-order valence-electron chi connectivity index (χ3n) is 4.13. The molecule has 0 saturated heterocycles. The van der Waals surface area contributed by atoms with E-state index in [-0.39, 0.29) is 0 Å². The maximum absolute atomic E-state index is 10.3. The van der Waals surface area contributed by atoms with E-state index in [2.05, 4.69) is 61.3 Å². The molecule has 1 aromatic carbocycles. The summed E-state index contributed by atoms with van der Waals surface area (Å²) < 4.78 is 1.79. The van der Waals surface area contributed by atoms with Crippen LogP contribution in [0.1, 0.15) is 65.9 Å². The van der Waals surface area contributed by atoms with Crippen LogP contribution in [0.15, 0.2) is 34.7 Å². The van der Waals surface area contributed by atoms with Crippen LogP contribution in [0.25, 0.3) is 0 Å². The molecule has 1 heterocycles. The minimum absolute atomic E-state index is 0.542. The fourth-order valence-electron chi connectivity index (χ4n) is 1.57. The van der Waals surface area contributed by atoms with Crippen LogP contribution in [0.2, 0.25) is 0 Å². The second-order valence-corrected chi connectivity index (χ2v) is 9.75. The Kier molecular flexibility index (Phi) is 13.3. The van der Waals surface area contributed by atoms with Crippen molar-refractivity contribution in [3.8, 4) is 0 Å². The summed E-state index contributed by atoms with van der Waals surface area (Å²) in [5.74, 6) is 1.04. The first kappa shape index (κ1) is 25.8. The van der Waals surface area contributed by atoms with Crippen molar-refractivity contribution in [2.45, 2.75) is 64.6 Å². The number of aliphatic carboxylic acids is 1. The van der Waals surface area contributed by atoms with Crippen LogP contribution in [0.4, 0.5) is 0 Å². The van der Waals surface area contributed by atoms with E-state index >= 15 is 0 Å². The number of nitrogens with zero attached hydrogens (tertiary/aromatic N) is 1. The van der Waals surface area contributed by atoms with Gasteiger partial charge >= 0.3 is 5.97 Å². The van der Waals surface area contributed by atoms with E-state index < -0.39 is 11.4 Å². The monoisotopic (exact) mass is 428 g/mol. The molecule has 1 aromatic heterocycles. The highest BCUT2D eigenvalue weighted by Crippen LogP contribution is 2.19. The molecular weight excluding hydrogens is 396 g/mol. The number of thioether (sulfide) groups is 1. The van der Waals surface area contributed by atoms with Crippen LogP contribution in [-0.4, -0.2) is 27.0 Å². The Bertz CT molecular complexity index is 697. The van der Waals surface area contributed by atoms with Crippen molar-refractivity contribution in [3.05, 3.63) is 39.8 Å². The van der Waals surface area contributed by atoms with Gasteiger partial charge in [-0.05, 0) is 56.1 Å². The Morgan fingerprint density at radius 2 is 1.89 bits per heavy atom. The second kappa shape index (κ2) is 13.9. The summed E-state index contributed by atoms with van der Waals surface area (Å²) in [5.41, 5.74) is 0.907. The lowest BCUT2D eigenvalue weighted by molar-refractivity contribution is -0.147. The number of benzene rings is 1. The quantitative estimate of drug-likeness (QED) is 0.382. The van der Waals surface area contributed by atoms with E-state index in [0.29, 0.717) is 12.3 Å². The zero-order valence-electron chi connectivity index (χ0n) is 17.1. The first-order valence-corrected chi connectivity index (χ1v) is 11.4. The summed E-state index contributed by atoms with van der Waals surface area (Å²) in [6, 6.07) is 10.6. The maximum atomic E-state index is 10.3. The number of aromatic amines is 1. The van der Waals surface area contributed by atoms with Gasteiger partial charge in [-0.2, -0.15) is 5.10 Å². The van der Waals surface area contributed by atoms with E-state index in [4.69, 9.17) is 17.3 Å². The van der Waals surface area contributed by atoms with Crippen LogP contribution in [-0.2, 0) is 4.79 Å². The van der Waals surface area contributed by atoms with Crippen molar-refractivity contribution in [1.29, 1.82) is 0 Å².